The van der Waals surface area contributed by atoms with Crippen LogP contribution in [0.3, 0.4) is 0 Å². The standard InChI is InChI=1S/C25H24P.C12H27P.Rh/c1-3-13-23(14-4-1)26(24-15-5-2-6-16-24)20-10-9-12-22-19-18-21-11-7-8-17-25(21)22;1-4-7-10-13(11-8-5-2)12-9-6-3;/h1-8,11,13-19H,9-10,12,20H2;4-12H2,1-3H3;. The van der Waals surface area contributed by atoms with Gasteiger partial charge in [-0.25, -0.2) is 0 Å². The fourth-order valence-electron chi connectivity index (χ4n) is 5.12. The molecule has 2 aromatic carbocycles. The van der Waals surface area contributed by atoms with E-state index >= 15 is 0 Å². The molecule has 0 aromatic heterocycles. The first-order valence-corrected chi connectivity index (χ1v) is 18.9. The summed E-state index contributed by atoms with van der Waals surface area (Å²) in [4.78, 5) is 0. The van der Waals surface area contributed by atoms with E-state index in [9.17, 15) is 0 Å². The predicted molar refractivity (Wildman–Crippen MR) is 181 cm³/mol. The maximum atomic E-state index is 2.31. The van der Waals surface area contributed by atoms with Crippen LogP contribution in [0.4, 0.5) is 0 Å². The van der Waals surface area contributed by atoms with E-state index in [4.69, 9.17) is 0 Å². The normalized spacial score (nSPS) is 15.2. The van der Waals surface area contributed by atoms with E-state index in [0.717, 1.165) is 0 Å². The third-order valence-corrected chi connectivity index (χ3v) is 12.9. The quantitative estimate of drug-likeness (QED) is 0.0955. The van der Waals surface area contributed by atoms with Gasteiger partial charge in [-0.15, -0.1) is 7.92 Å². The molecular weight excluding hydrogens is 609 g/mol. The van der Waals surface area contributed by atoms with Gasteiger partial charge in [0.15, 0.2) is 0 Å². The van der Waals surface area contributed by atoms with Crippen molar-refractivity contribution >= 4 is 26.5 Å². The number of unbranched alkanes of at least 4 members (excludes halogenated alkanes) is 4. The Morgan fingerprint density at radius 3 is 1.60 bits per heavy atom. The Bertz CT molecular complexity index is 867. The van der Waals surface area contributed by atoms with Gasteiger partial charge in [-0.3, -0.25) is 0 Å². The SMILES string of the molecule is CCCCP(CCCC)CCCC.[CH]1[CH][C](CCCCP(c2ccccc2)c2ccccc2)[C]2C=CC=C[C]12.[Rh]. The van der Waals surface area contributed by atoms with Crippen LogP contribution >= 0.6 is 15.8 Å². The Labute approximate surface area is 263 Å². The molecule has 0 atom stereocenters. The van der Waals surface area contributed by atoms with E-state index in [1.165, 1.54) is 92.3 Å². The van der Waals surface area contributed by atoms with Crippen molar-refractivity contribution < 1.29 is 19.5 Å². The van der Waals surface area contributed by atoms with Gasteiger partial charge in [0.05, 0.1) is 0 Å². The Morgan fingerprint density at radius 1 is 0.550 bits per heavy atom. The van der Waals surface area contributed by atoms with Crippen LogP contribution in [0.1, 0.15) is 78.6 Å². The Kier molecular flexibility index (Phi) is 19.6. The molecule has 0 heterocycles. The molecular formula is C37H51P2Rh. The molecule has 0 unspecified atom stereocenters. The molecule has 1 fully saturated rings. The molecule has 6 radical (unpaired) electrons. The first-order valence-electron chi connectivity index (χ1n) is 15.5. The molecule has 2 aliphatic carbocycles. The molecule has 2 aromatic rings. The third kappa shape index (κ3) is 12.7. The molecule has 218 valence electrons. The number of rotatable bonds is 16. The van der Waals surface area contributed by atoms with Gasteiger partial charge >= 0.3 is 0 Å². The molecule has 0 spiro atoms. The van der Waals surface area contributed by atoms with Crippen LogP contribution in [0.2, 0.25) is 0 Å². The average Bonchev–Trinajstić information content (AvgIpc) is 3.41. The summed E-state index contributed by atoms with van der Waals surface area (Å²) in [5.41, 5.74) is 0. The van der Waals surface area contributed by atoms with Crippen LogP contribution in [0, 0.1) is 30.6 Å². The third-order valence-electron chi connectivity index (χ3n) is 7.47. The number of hydrogen-bond donors (Lipinski definition) is 0. The number of allylic oxidation sites excluding steroid dienone is 4. The first-order chi connectivity index (χ1) is 19.3. The molecule has 0 amide bonds. The largest absolute Gasteiger partial charge is 0.107 e. The molecule has 3 heteroatoms. The molecule has 4 rings (SSSR count). The maximum Gasteiger partial charge on any atom is 0.0158 e. The van der Waals surface area contributed by atoms with Crippen molar-refractivity contribution in [1.29, 1.82) is 0 Å². The summed E-state index contributed by atoms with van der Waals surface area (Å²) in [6.45, 7) is 6.94. The second-order valence-corrected chi connectivity index (χ2v) is 15.6. The fourth-order valence-corrected chi connectivity index (χ4v) is 10.5. The second kappa shape index (κ2) is 22.0. The van der Waals surface area contributed by atoms with Gasteiger partial charge in [0.1, 0.15) is 0 Å². The van der Waals surface area contributed by atoms with Gasteiger partial charge in [-0.05, 0) is 94.0 Å². The van der Waals surface area contributed by atoms with E-state index in [2.05, 4.69) is 119 Å². The molecule has 2 aliphatic rings. The summed E-state index contributed by atoms with van der Waals surface area (Å²) >= 11 is 0. The Morgan fingerprint density at radius 2 is 1.07 bits per heavy atom. The molecule has 0 aliphatic heterocycles. The minimum absolute atomic E-state index is 0. The van der Waals surface area contributed by atoms with Crippen LogP contribution < -0.4 is 10.6 Å². The molecule has 40 heavy (non-hydrogen) atoms. The number of fused-ring (bicyclic) bond motifs is 1. The molecule has 0 nitrogen and oxygen atoms in total. The van der Waals surface area contributed by atoms with Crippen LogP contribution in [0.5, 0.6) is 0 Å². The van der Waals surface area contributed by atoms with E-state index in [0.29, 0.717) is 7.92 Å². The summed E-state index contributed by atoms with van der Waals surface area (Å²) in [7, 11) is 0.167. The smallest absolute Gasteiger partial charge is 0.0158 e. The monoisotopic (exact) mass is 660 g/mol. The van der Waals surface area contributed by atoms with E-state index < -0.39 is 0 Å². The topological polar surface area (TPSA) is 0 Å². The minimum Gasteiger partial charge on any atom is -0.107 e. The van der Waals surface area contributed by atoms with Crippen LogP contribution in [0.15, 0.2) is 85.0 Å². The van der Waals surface area contributed by atoms with Crippen molar-refractivity contribution in [2.75, 3.05) is 24.6 Å². The van der Waals surface area contributed by atoms with E-state index in [1.807, 2.05) is 0 Å². The zero-order valence-electron chi connectivity index (χ0n) is 25.2. The van der Waals surface area contributed by atoms with Gasteiger partial charge in [0.25, 0.3) is 0 Å². The average molecular weight is 661 g/mol. The predicted octanol–water partition coefficient (Wildman–Crippen LogP) is 10.4. The Hall–Kier alpha value is -0.597. The Balaban J connectivity index is 0.000000344. The van der Waals surface area contributed by atoms with Gasteiger partial charge in [-0.2, -0.15) is 0 Å². The first kappa shape index (κ1) is 35.6. The summed E-state index contributed by atoms with van der Waals surface area (Å²) < 4.78 is 0. The summed E-state index contributed by atoms with van der Waals surface area (Å²) in [6.07, 6.45) is 31.5. The number of hydrogen-bond acceptors (Lipinski definition) is 0. The van der Waals surface area contributed by atoms with Crippen LogP contribution in [-0.4, -0.2) is 24.6 Å². The van der Waals surface area contributed by atoms with E-state index in [1.54, 1.807) is 18.5 Å². The zero-order chi connectivity index (χ0) is 27.5. The van der Waals surface area contributed by atoms with Crippen molar-refractivity contribution in [3.63, 3.8) is 0 Å². The molecule has 0 bridgehead atoms. The van der Waals surface area contributed by atoms with Crippen molar-refractivity contribution in [3.05, 3.63) is 116 Å². The maximum absolute atomic E-state index is 2.31. The summed E-state index contributed by atoms with van der Waals surface area (Å²) in [5.74, 6) is 4.31. The zero-order valence-corrected chi connectivity index (χ0v) is 28.6. The second-order valence-electron chi connectivity index (χ2n) is 10.6. The van der Waals surface area contributed by atoms with Crippen molar-refractivity contribution in [2.45, 2.75) is 78.6 Å². The van der Waals surface area contributed by atoms with Crippen LogP contribution in [-0.2, 0) is 19.5 Å². The van der Waals surface area contributed by atoms with Gasteiger partial charge in [0.2, 0.25) is 0 Å². The fraction of sp³-hybridized carbons (Fsp3) is 0.432. The molecule has 0 saturated heterocycles. The van der Waals surface area contributed by atoms with Gasteiger partial charge in [0, 0.05) is 31.3 Å². The van der Waals surface area contributed by atoms with Crippen LogP contribution in [0.25, 0.3) is 0 Å². The summed E-state index contributed by atoms with van der Waals surface area (Å²) in [6, 6.07) is 22.1. The summed E-state index contributed by atoms with van der Waals surface area (Å²) in [5, 5.41) is 2.99. The van der Waals surface area contributed by atoms with Gasteiger partial charge in [-0.1, -0.05) is 131 Å². The van der Waals surface area contributed by atoms with Crippen molar-refractivity contribution in [2.24, 2.45) is 0 Å². The molecule has 0 N–H and O–H groups in total. The van der Waals surface area contributed by atoms with E-state index in [-0.39, 0.29) is 27.4 Å². The van der Waals surface area contributed by atoms with Crippen molar-refractivity contribution in [1.82, 2.24) is 0 Å². The minimum atomic E-state index is -0.255. The van der Waals surface area contributed by atoms with Crippen molar-refractivity contribution in [3.8, 4) is 0 Å². The van der Waals surface area contributed by atoms with Gasteiger partial charge < -0.3 is 0 Å². The number of benzene rings is 2. The molecule has 1 saturated carbocycles.